The van der Waals surface area contributed by atoms with Crippen molar-refractivity contribution in [2.24, 2.45) is 5.73 Å². The lowest BCUT2D eigenvalue weighted by Crippen LogP contribution is -2.13. The average molecular weight is 242 g/mol. The van der Waals surface area contributed by atoms with Crippen LogP contribution in [0.4, 0.5) is 0 Å². The zero-order valence-electron chi connectivity index (χ0n) is 9.94. The number of phenols is 1. The maximum absolute atomic E-state index is 11.1. The van der Waals surface area contributed by atoms with Gasteiger partial charge in [0, 0.05) is 5.56 Å². The lowest BCUT2D eigenvalue weighted by molar-refractivity contribution is -0.114. The molecule has 0 heterocycles. The highest BCUT2D eigenvalue weighted by atomic mass is 16.3. The van der Waals surface area contributed by atoms with Gasteiger partial charge in [-0.2, -0.15) is 5.26 Å². The maximum Gasteiger partial charge on any atom is 0.259 e. The summed E-state index contributed by atoms with van der Waals surface area (Å²) in [4.78, 5) is 11.1. The van der Waals surface area contributed by atoms with Crippen LogP contribution in [0.3, 0.4) is 0 Å². The van der Waals surface area contributed by atoms with Crippen LogP contribution in [0.1, 0.15) is 29.5 Å². The van der Waals surface area contributed by atoms with E-state index in [1.165, 1.54) is 11.6 Å². The van der Waals surface area contributed by atoms with Crippen LogP contribution >= 0.6 is 0 Å². The van der Waals surface area contributed by atoms with Gasteiger partial charge in [-0.3, -0.25) is 4.79 Å². The minimum atomic E-state index is -0.773. The molecule has 0 aromatic heterocycles. The average Bonchev–Trinajstić information content (AvgIpc) is 2.37. The summed E-state index contributed by atoms with van der Waals surface area (Å²) in [6, 6.07) is 5.26. The number of carbonyl (C=O) groups excluding carboxylic acids is 1. The molecular formula is C14H14N2O2. The summed E-state index contributed by atoms with van der Waals surface area (Å²) in [6.45, 7) is 0. The fourth-order valence-electron chi connectivity index (χ4n) is 2.31. The number of benzene rings is 1. The molecule has 92 valence electrons. The van der Waals surface area contributed by atoms with Gasteiger partial charge in [-0.25, -0.2) is 0 Å². The molecule has 1 aromatic carbocycles. The molecular weight excluding hydrogens is 228 g/mol. The smallest absolute Gasteiger partial charge is 0.259 e. The molecule has 1 amide bonds. The van der Waals surface area contributed by atoms with Gasteiger partial charge < -0.3 is 10.8 Å². The number of rotatable bonds is 2. The predicted octanol–water partition coefficient (Wildman–Crippen LogP) is 1.66. The van der Waals surface area contributed by atoms with Crippen LogP contribution in [0.5, 0.6) is 5.75 Å². The summed E-state index contributed by atoms with van der Waals surface area (Å²) in [5, 5.41) is 18.7. The van der Waals surface area contributed by atoms with Crippen LogP contribution in [-0.2, 0) is 17.6 Å². The molecule has 0 fully saturated rings. The van der Waals surface area contributed by atoms with Crippen molar-refractivity contribution in [3.05, 3.63) is 34.4 Å². The Morgan fingerprint density at radius 2 is 2.11 bits per heavy atom. The van der Waals surface area contributed by atoms with Gasteiger partial charge in [0.25, 0.3) is 5.91 Å². The monoisotopic (exact) mass is 242 g/mol. The molecule has 1 aromatic rings. The van der Waals surface area contributed by atoms with E-state index in [0.29, 0.717) is 5.56 Å². The predicted molar refractivity (Wildman–Crippen MR) is 67.5 cm³/mol. The third-order valence-corrected chi connectivity index (χ3v) is 3.23. The molecule has 0 bridgehead atoms. The number of phenolic OH excluding ortho intramolecular Hbond substituents is 1. The highest BCUT2D eigenvalue weighted by Crippen LogP contribution is 2.32. The highest BCUT2D eigenvalue weighted by molar-refractivity contribution is 6.01. The van der Waals surface area contributed by atoms with Crippen LogP contribution in [0.2, 0.25) is 0 Å². The molecule has 0 atom stereocenters. The van der Waals surface area contributed by atoms with Gasteiger partial charge in [0.1, 0.15) is 17.4 Å². The molecule has 3 N–H and O–H groups in total. The highest BCUT2D eigenvalue weighted by Gasteiger charge is 2.16. The Hall–Kier alpha value is -2.28. The Morgan fingerprint density at radius 3 is 2.78 bits per heavy atom. The second kappa shape index (κ2) is 4.92. The molecule has 1 aliphatic carbocycles. The van der Waals surface area contributed by atoms with Crippen LogP contribution in [0.25, 0.3) is 6.08 Å². The van der Waals surface area contributed by atoms with Gasteiger partial charge in [-0.05, 0) is 49.0 Å². The van der Waals surface area contributed by atoms with E-state index in [-0.39, 0.29) is 11.3 Å². The van der Waals surface area contributed by atoms with Crippen LogP contribution < -0.4 is 5.73 Å². The zero-order valence-corrected chi connectivity index (χ0v) is 9.94. The molecule has 2 rings (SSSR count). The van der Waals surface area contributed by atoms with Crippen molar-refractivity contribution in [1.82, 2.24) is 0 Å². The first-order valence-corrected chi connectivity index (χ1v) is 5.89. The number of primary amides is 1. The number of hydrogen-bond acceptors (Lipinski definition) is 3. The zero-order chi connectivity index (χ0) is 13.1. The van der Waals surface area contributed by atoms with Crippen LogP contribution in [0, 0.1) is 11.3 Å². The minimum Gasteiger partial charge on any atom is -0.507 e. The largest absolute Gasteiger partial charge is 0.507 e. The minimum absolute atomic E-state index is 0.0876. The van der Waals surface area contributed by atoms with Crippen molar-refractivity contribution in [3.8, 4) is 11.8 Å². The number of nitriles is 1. The van der Waals surface area contributed by atoms with E-state index in [0.717, 1.165) is 31.2 Å². The first-order valence-electron chi connectivity index (χ1n) is 5.89. The SMILES string of the molecule is N#CC(=Cc1c(O)ccc2c1CCCC2)C(N)=O. The van der Waals surface area contributed by atoms with Crippen molar-refractivity contribution >= 4 is 12.0 Å². The number of aryl methyl sites for hydroxylation is 1. The molecule has 4 heteroatoms. The van der Waals surface area contributed by atoms with Crippen molar-refractivity contribution < 1.29 is 9.90 Å². The first-order chi connectivity index (χ1) is 8.63. The fourth-order valence-corrected chi connectivity index (χ4v) is 2.31. The number of amides is 1. The van der Waals surface area contributed by atoms with E-state index in [9.17, 15) is 9.90 Å². The standard InChI is InChI=1S/C14H14N2O2/c15-8-10(14(16)18)7-12-11-4-2-1-3-9(11)5-6-13(12)17/h5-7,17H,1-4H2,(H2,16,18). The number of aromatic hydroxyl groups is 1. The van der Waals surface area contributed by atoms with Gasteiger partial charge in [0.2, 0.25) is 0 Å². The van der Waals surface area contributed by atoms with Gasteiger partial charge in [0.05, 0.1) is 0 Å². The molecule has 0 aliphatic heterocycles. The molecule has 4 nitrogen and oxygen atoms in total. The molecule has 0 radical (unpaired) electrons. The third kappa shape index (κ3) is 2.21. The summed E-state index contributed by atoms with van der Waals surface area (Å²) >= 11 is 0. The Labute approximate surface area is 105 Å². The lowest BCUT2D eigenvalue weighted by atomic mass is 9.87. The Morgan fingerprint density at radius 1 is 1.39 bits per heavy atom. The van der Waals surface area contributed by atoms with E-state index in [2.05, 4.69) is 0 Å². The second-order valence-corrected chi connectivity index (χ2v) is 4.38. The number of fused-ring (bicyclic) bond motifs is 1. The molecule has 18 heavy (non-hydrogen) atoms. The van der Waals surface area contributed by atoms with E-state index in [1.807, 2.05) is 6.07 Å². The van der Waals surface area contributed by atoms with Crippen LogP contribution in [-0.4, -0.2) is 11.0 Å². The fraction of sp³-hybridized carbons (Fsp3) is 0.286. The molecule has 0 unspecified atom stereocenters. The summed E-state index contributed by atoms with van der Waals surface area (Å²) in [7, 11) is 0. The van der Waals surface area contributed by atoms with Crippen molar-refractivity contribution in [2.75, 3.05) is 0 Å². The lowest BCUT2D eigenvalue weighted by Gasteiger charge is -2.18. The number of nitrogens with zero attached hydrogens (tertiary/aromatic N) is 1. The van der Waals surface area contributed by atoms with Gasteiger partial charge in [0.15, 0.2) is 0 Å². The van der Waals surface area contributed by atoms with Crippen molar-refractivity contribution in [1.29, 1.82) is 5.26 Å². The van der Waals surface area contributed by atoms with Gasteiger partial charge in [-0.1, -0.05) is 6.07 Å². The number of hydrogen-bond donors (Lipinski definition) is 2. The summed E-state index contributed by atoms with van der Waals surface area (Å²) < 4.78 is 0. The number of carbonyl (C=O) groups is 1. The topological polar surface area (TPSA) is 87.1 Å². The summed E-state index contributed by atoms with van der Waals surface area (Å²) in [6.07, 6.45) is 5.39. The molecule has 0 spiro atoms. The summed E-state index contributed by atoms with van der Waals surface area (Å²) in [5.74, 6) is -0.685. The third-order valence-electron chi connectivity index (χ3n) is 3.23. The Kier molecular flexibility index (Phi) is 3.33. The Bertz CT molecular complexity index is 568. The van der Waals surface area contributed by atoms with Crippen molar-refractivity contribution in [2.45, 2.75) is 25.7 Å². The van der Waals surface area contributed by atoms with E-state index >= 15 is 0 Å². The molecule has 1 aliphatic rings. The van der Waals surface area contributed by atoms with E-state index in [1.54, 1.807) is 12.1 Å². The van der Waals surface area contributed by atoms with Crippen LogP contribution in [0.15, 0.2) is 17.7 Å². The second-order valence-electron chi connectivity index (χ2n) is 4.38. The van der Waals surface area contributed by atoms with Gasteiger partial charge >= 0.3 is 0 Å². The normalized spacial score (nSPS) is 14.7. The van der Waals surface area contributed by atoms with E-state index < -0.39 is 5.91 Å². The van der Waals surface area contributed by atoms with E-state index in [4.69, 9.17) is 11.0 Å². The summed E-state index contributed by atoms with van der Waals surface area (Å²) in [5.41, 5.74) is 7.73. The number of nitrogens with two attached hydrogens (primary N) is 1. The maximum atomic E-state index is 11.1. The molecule has 0 saturated heterocycles. The van der Waals surface area contributed by atoms with Gasteiger partial charge in [-0.15, -0.1) is 0 Å². The first kappa shape index (κ1) is 12.2. The van der Waals surface area contributed by atoms with Crippen molar-refractivity contribution in [3.63, 3.8) is 0 Å². The Balaban J connectivity index is 2.57. The molecule has 0 saturated carbocycles. The quantitative estimate of drug-likeness (QED) is 0.610.